The van der Waals surface area contributed by atoms with Gasteiger partial charge in [0.15, 0.2) is 0 Å². The molecular weight excluding hydrogens is 266 g/mol. The number of rotatable bonds is 2. The second-order valence-corrected chi connectivity index (χ2v) is 6.45. The Balaban J connectivity index is 1.80. The van der Waals surface area contributed by atoms with Crippen molar-refractivity contribution >= 4 is 5.57 Å². The van der Waals surface area contributed by atoms with Gasteiger partial charge in [-0.2, -0.15) is 0 Å². The van der Waals surface area contributed by atoms with Gasteiger partial charge in [0.1, 0.15) is 11.7 Å². The molecule has 112 valence electrons. The van der Waals surface area contributed by atoms with Crippen LogP contribution in [0.15, 0.2) is 42.0 Å². The summed E-state index contributed by atoms with van der Waals surface area (Å²) in [5.74, 6) is 0.703. The van der Waals surface area contributed by atoms with Crippen molar-refractivity contribution in [1.29, 1.82) is 0 Å². The molecule has 0 nitrogen and oxygen atoms in total. The fourth-order valence-corrected chi connectivity index (χ4v) is 3.49. The first kappa shape index (κ1) is 14.5. The molecule has 0 bridgehead atoms. The fraction of sp³-hybridized carbons (Fsp3) is 0.474. The predicted molar refractivity (Wildman–Crippen MR) is 83.3 cm³/mol. The van der Waals surface area contributed by atoms with Gasteiger partial charge in [-0.1, -0.05) is 44.0 Å². The molecule has 1 saturated carbocycles. The average Bonchev–Trinajstić information content (AvgIpc) is 2.49. The summed E-state index contributed by atoms with van der Waals surface area (Å²) >= 11 is 0. The van der Waals surface area contributed by atoms with Gasteiger partial charge >= 0.3 is 0 Å². The van der Waals surface area contributed by atoms with Gasteiger partial charge in [0.2, 0.25) is 0 Å². The van der Waals surface area contributed by atoms with Gasteiger partial charge in [0, 0.05) is 12.0 Å². The molecule has 0 heterocycles. The maximum atomic E-state index is 13.9. The molecule has 1 aromatic carbocycles. The first-order chi connectivity index (χ1) is 10.1. The number of halogens is 2. The predicted octanol–water partition coefficient (Wildman–Crippen LogP) is 6.31. The molecule has 21 heavy (non-hydrogen) atoms. The van der Waals surface area contributed by atoms with E-state index in [4.69, 9.17) is 0 Å². The van der Waals surface area contributed by atoms with Gasteiger partial charge in [0.05, 0.1) is 0 Å². The van der Waals surface area contributed by atoms with E-state index in [0.29, 0.717) is 24.3 Å². The molecule has 3 rings (SSSR count). The Labute approximate surface area is 125 Å². The first-order valence-electron chi connectivity index (χ1n) is 8.00. The third-order valence-corrected chi connectivity index (χ3v) is 4.88. The van der Waals surface area contributed by atoms with E-state index in [0.717, 1.165) is 5.92 Å². The average molecular weight is 288 g/mol. The van der Waals surface area contributed by atoms with Gasteiger partial charge in [-0.3, -0.25) is 0 Å². The lowest BCUT2D eigenvalue weighted by molar-refractivity contribution is 0.348. The van der Waals surface area contributed by atoms with Crippen molar-refractivity contribution in [2.24, 2.45) is 5.92 Å². The van der Waals surface area contributed by atoms with E-state index in [2.05, 4.69) is 19.1 Å². The highest BCUT2D eigenvalue weighted by Crippen LogP contribution is 2.38. The lowest BCUT2D eigenvalue weighted by Gasteiger charge is -2.26. The fourth-order valence-electron chi connectivity index (χ4n) is 3.49. The smallest absolute Gasteiger partial charge is 0.129 e. The Hall–Kier alpha value is -1.44. The van der Waals surface area contributed by atoms with Crippen LogP contribution in [0.3, 0.4) is 0 Å². The second kappa shape index (κ2) is 6.13. The molecule has 0 aromatic heterocycles. The Kier molecular flexibility index (Phi) is 4.23. The molecule has 0 atom stereocenters. The minimum absolute atomic E-state index is 0.157. The van der Waals surface area contributed by atoms with Crippen LogP contribution in [0.5, 0.6) is 0 Å². The van der Waals surface area contributed by atoms with E-state index >= 15 is 0 Å². The van der Waals surface area contributed by atoms with Crippen molar-refractivity contribution in [3.63, 3.8) is 0 Å². The maximum absolute atomic E-state index is 13.9. The SMILES string of the molecule is CC1CCC(c2ccc(C3=C(F)CCC=C3F)cc2)CC1. The Morgan fingerprint density at radius 2 is 1.62 bits per heavy atom. The molecule has 0 N–H and O–H groups in total. The molecule has 2 heteroatoms. The topological polar surface area (TPSA) is 0 Å². The highest BCUT2D eigenvalue weighted by atomic mass is 19.1. The minimum Gasteiger partial charge on any atom is -0.211 e. The molecule has 2 aliphatic carbocycles. The zero-order valence-electron chi connectivity index (χ0n) is 12.5. The van der Waals surface area contributed by atoms with E-state index < -0.39 is 5.83 Å². The van der Waals surface area contributed by atoms with Crippen LogP contribution >= 0.6 is 0 Å². The standard InChI is InChI=1S/C19H22F2/c1-13-5-7-14(8-6-13)15-9-11-16(12-10-15)19-17(20)3-2-4-18(19)21/h3,9-14H,2,4-8H2,1H3. The molecule has 0 radical (unpaired) electrons. The Morgan fingerprint density at radius 1 is 0.952 bits per heavy atom. The van der Waals surface area contributed by atoms with Crippen LogP contribution in [0.4, 0.5) is 8.78 Å². The highest BCUT2D eigenvalue weighted by Gasteiger charge is 2.21. The maximum Gasteiger partial charge on any atom is 0.129 e. The summed E-state index contributed by atoms with van der Waals surface area (Å²) in [6.07, 6.45) is 7.27. The summed E-state index contributed by atoms with van der Waals surface area (Å²) in [5.41, 5.74) is 2.13. The molecule has 1 fully saturated rings. The highest BCUT2D eigenvalue weighted by molar-refractivity contribution is 5.79. The van der Waals surface area contributed by atoms with Crippen LogP contribution in [0.25, 0.3) is 5.57 Å². The molecule has 2 aliphatic rings. The number of hydrogen-bond donors (Lipinski definition) is 0. The molecule has 0 aliphatic heterocycles. The van der Waals surface area contributed by atoms with Crippen LogP contribution < -0.4 is 0 Å². The van der Waals surface area contributed by atoms with E-state index in [1.807, 2.05) is 12.1 Å². The molecule has 1 aromatic rings. The van der Waals surface area contributed by atoms with Gasteiger partial charge in [-0.05, 0) is 48.3 Å². The molecule has 0 unspecified atom stereocenters. The van der Waals surface area contributed by atoms with Crippen molar-refractivity contribution in [3.05, 3.63) is 53.1 Å². The number of benzene rings is 1. The van der Waals surface area contributed by atoms with Crippen LogP contribution in [-0.2, 0) is 0 Å². The van der Waals surface area contributed by atoms with E-state index in [1.54, 1.807) is 0 Å². The minimum atomic E-state index is -0.419. The van der Waals surface area contributed by atoms with Gasteiger partial charge in [-0.15, -0.1) is 0 Å². The van der Waals surface area contributed by atoms with Crippen LogP contribution in [0.2, 0.25) is 0 Å². The van der Waals surface area contributed by atoms with Crippen molar-refractivity contribution in [2.75, 3.05) is 0 Å². The third kappa shape index (κ3) is 3.09. The van der Waals surface area contributed by atoms with Crippen molar-refractivity contribution in [3.8, 4) is 0 Å². The van der Waals surface area contributed by atoms with Gasteiger partial charge in [-0.25, -0.2) is 8.78 Å². The van der Waals surface area contributed by atoms with E-state index in [1.165, 1.54) is 37.3 Å². The number of allylic oxidation sites excluding steroid dienone is 4. The first-order valence-corrected chi connectivity index (χ1v) is 8.00. The summed E-state index contributed by atoms with van der Waals surface area (Å²) in [5, 5.41) is 0. The summed E-state index contributed by atoms with van der Waals surface area (Å²) in [6, 6.07) is 7.86. The molecule has 0 spiro atoms. The monoisotopic (exact) mass is 288 g/mol. The molecule has 0 saturated heterocycles. The third-order valence-electron chi connectivity index (χ3n) is 4.88. The zero-order chi connectivity index (χ0) is 14.8. The van der Waals surface area contributed by atoms with E-state index in [9.17, 15) is 8.78 Å². The Morgan fingerprint density at radius 3 is 2.24 bits per heavy atom. The van der Waals surface area contributed by atoms with Gasteiger partial charge in [0.25, 0.3) is 0 Å². The van der Waals surface area contributed by atoms with Crippen LogP contribution in [-0.4, -0.2) is 0 Å². The van der Waals surface area contributed by atoms with E-state index in [-0.39, 0.29) is 11.4 Å². The quantitative estimate of drug-likeness (QED) is 0.598. The summed E-state index contributed by atoms with van der Waals surface area (Å²) in [7, 11) is 0. The summed E-state index contributed by atoms with van der Waals surface area (Å²) < 4.78 is 27.7. The lowest BCUT2D eigenvalue weighted by atomic mass is 9.79. The normalized spacial score (nSPS) is 26.7. The zero-order valence-corrected chi connectivity index (χ0v) is 12.5. The lowest BCUT2D eigenvalue weighted by Crippen LogP contribution is -2.10. The van der Waals surface area contributed by atoms with Crippen LogP contribution in [0.1, 0.15) is 62.5 Å². The Bertz CT molecular complexity index is 558. The molecular formula is C19H22F2. The largest absolute Gasteiger partial charge is 0.211 e. The summed E-state index contributed by atoms with van der Waals surface area (Å²) in [6.45, 7) is 2.31. The summed E-state index contributed by atoms with van der Waals surface area (Å²) in [4.78, 5) is 0. The second-order valence-electron chi connectivity index (χ2n) is 6.45. The van der Waals surface area contributed by atoms with Crippen molar-refractivity contribution in [2.45, 2.75) is 51.4 Å². The number of hydrogen-bond acceptors (Lipinski definition) is 0. The van der Waals surface area contributed by atoms with Gasteiger partial charge < -0.3 is 0 Å². The van der Waals surface area contributed by atoms with Crippen molar-refractivity contribution < 1.29 is 8.78 Å². The van der Waals surface area contributed by atoms with Crippen molar-refractivity contribution in [1.82, 2.24) is 0 Å². The molecule has 0 amide bonds. The van der Waals surface area contributed by atoms with Crippen LogP contribution in [0, 0.1) is 5.92 Å².